The summed E-state index contributed by atoms with van der Waals surface area (Å²) in [5, 5.41) is 5.56. The van der Waals surface area contributed by atoms with Gasteiger partial charge >= 0.3 is 11.8 Å². The summed E-state index contributed by atoms with van der Waals surface area (Å²) in [6.45, 7) is 3.96. The van der Waals surface area contributed by atoms with Crippen LogP contribution in [0.25, 0.3) is 0 Å². The second kappa shape index (κ2) is 6.55. The first-order valence-corrected chi connectivity index (χ1v) is 7.32. The minimum absolute atomic E-state index is 0.163. The number of benzene rings is 1. The van der Waals surface area contributed by atoms with Gasteiger partial charge in [0.2, 0.25) is 0 Å². The van der Waals surface area contributed by atoms with Crippen molar-refractivity contribution in [2.24, 2.45) is 0 Å². The minimum Gasteiger partial charge on any atom is -0.345 e. The van der Waals surface area contributed by atoms with Gasteiger partial charge in [-0.1, -0.05) is 38.0 Å². The van der Waals surface area contributed by atoms with Crippen LogP contribution in [0.1, 0.15) is 43.7 Å². The number of hydrogen-bond donors (Lipinski definition) is 2. The maximum absolute atomic E-state index is 12.0. The zero-order valence-electron chi connectivity index (χ0n) is 12.2. The van der Waals surface area contributed by atoms with Crippen molar-refractivity contribution in [2.45, 2.75) is 52.0 Å². The number of nitrogens with one attached hydrogen (secondary N) is 2. The summed E-state index contributed by atoms with van der Waals surface area (Å²) in [4.78, 5) is 23.9. The highest BCUT2D eigenvalue weighted by molar-refractivity contribution is 6.39. The number of carbonyl (C=O) groups is 2. The van der Waals surface area contributed by atoms with E-state index in [1.165, 1.54) is 0 Å². The van der Waals surface area contributed by atoms with Crippen LogP contribution in [0.3, 0.4) is 0 Å². The molecule has 0 saturated heterocycles. The molecule has 1 fully saturated rings. The van der Waals surface area contributed by atoms with E-state index in [1.54, 1.807) is 0 Å². The predicted octanol–water partition coefficient (Wildman–Crippen LogP) is 2.55. The second-order valence-electron chi connectivity index (χ2n) is 5.37. The number of anilines is 1. The molecule has 2 rings (SSSR count). The molecule has 4 heteroatoms. The maximum atomic E-state index is 12.0. The van der Waals surface area contributed by atoms with Crippen molar-refractivity contribution in [2.75, 3.05) is 5.32 Å². The smallest absolute Gasteiger partial charge is 0.313 e. The zero-order chi connectivity index (χ0) is 14.5. The molecule has 2 N–H and O–H groups in total. The molecular weight excluding hydrogens is 252 g/mol. The largest absolute Gasteiger partial charge is 0.345 e. The van der Waals surface area contributed by atoms with Gasteiger partial charge in [0, 0.05) is 11.7 Å². The Balaban J connectivity index is 2.02. The Morgan fingerprint density at radius 2 is 1.90 bits per heavy atom. The molecule has 1 saturated carbocycles. The lowest BCUT2D eigenvalue weighted by molar-refractivity contribution is -0.136. The summed E-state index contributed by atoms with van der Waals surface area (Å²) in [5.74, 6) is -1.09. The van der Waals surface area contributed by atoms with Crippen LogP contribution in [0.4, 0.5) is 5.69 Å². The molecule has 1 aromatic carbocycles. The molecule has 0 heterocycles. The molecule has 4 nitrogen and oxygen atoms in total. The molecule has 0 spiro atoms. The topological polar surface area (TPSA) is 58.2 Å². The third-order valence-electron chi connectivity index (χ3n) is 3.88. The molecule has 0 aliphatic heterocycles. The fourth-order valence-electron chi connectivity index (χ4n) is 2.69. The number of para-hydroxylation sites is 1. The average Bonchev–Trinajstić information content (AvgIpc) is 2.93. The van der Waals surface area contributed by atoms with E-state index >= 15 is 0 Å². The van der Waals surface area contributed by atoms with Crippen LogP contribution in [-0.2, 0) is 16.0 Å². The van der Waals surface area contributed by atoms with Gasteiger partial charge in [-0.3, -0.25) is 9.59 Å². The molecular formula is C16H22N2O2. The number of rotatable bonds is 3. The normalized spacial score (nSPS) is 15.1. The average molecular weight is 274 g/mol. The molecule has 1 aliphatic rings. The first-order chi connectivity index (χ1) is 9.61. The van der Waals surface area contributed by atoms with Crippen LogP contribution in [-0.4, -0.2) is 17.9 Å². The highest BCUT2D eigenvalue weighted by Crippen LogP contribution is 2.21. The first kappa shape index (κ1) is 14.6. The number of aryl methyl sites for hydroxylation is 2. The molecule has 0 unspecified atom stereocenters. The predicted molar refractivity (Wildman–Crippen MR) is 79.6 cm³/mol. The standard InChI is InChI=1S/C16H22N2O2/c1-3-12-8-6-7-11(2)14(12)18-16(20)15(19)17-13-9-4-5-10-13/h6-8,13H,3-5,9-10H2,1-2H3,(H,17,19)(H,18,20). The van der Waals surface area contributed by atoms with Crippen LogP contribution in [0.2, 0.25) is 0 Å². The van der Waals surface area contributed by atoms with Gasteiger partial charge in [0.25, 0.3) is 0 Å². The van der Waals surface area contributed by atoms with Crippen molar-refractivity contribution in [3.63, 3.8) is 0 Å². The number of hydrogen-bond acceptors (Lipinski definition) is 2. The van der Waals surface area contributed by atoms with Crippen molar-refractivity contribution in [3.05, 3.63) is 29.3 Å². The summed E-state index contributed by atoms with van der Waals surface area (Å²) in [6, 6.07) is 6.03. The van der Waals surface area contributed by atoms with Gasteiger partial charge in [-0.25, -0.2) is 0 Å². The lowest BCUT2D eigenvalue weighted by atomic mass is 10.1. The molecule has 0 atom stereocenters. The van der Waals surface area contributed by atoms with Crippen molar-refractivity contribution in [1.82, 2.24) is 5.32 Å². The van der Waals surface area contributed by atoms with Gasteiger partial charge in [0.1, 0.15) is 0 Å². The third kappa shape index (κ3) is 3.38. The van der Waals surface area contributed by atoms with Crippen LogP contribution < -0.4 is 10.6 Å². The van der Waals surface area contributed by atoms with E-state index in [2.05, 4.69) is 10.6 Å². The highest BCUT2D eigenvalue weighted by Gasteiger charge is 2.22. The summed E-state index contributed by atoms with van der Waals surface area (Å²) in [5.41, 5.74) is 2.79. The van der Waals surface area contributed by atoms with Gasteiger partial charge in [-0.15, -0.1) is 0 Å². The van der Waals surface area contributed by atoms with Gasteiger partial charge in [-0.2, -0.15) is 0 Å². The van der Waals surface area contributed by atoms with Gasteiger partial charge < -0.3 is 10.6 Å². The van der Waals surface area contributed by atoms with Crippen LogP contribution in [0.15, 0.2) is 18.2 Å². The van der Waals surface area contributed by atoms with E-state index in [4.69, 9.17) is 0 Å². The van der Waals surface area contributed by atoms with E-state index in [0.29, 0.717) is 0 Å². The first-order valence-electron chi connectivity index (χ1n) is 7.32. The molecule has 1 aliphatic carbocycles. The molecule has 0 radical (unpaired) electrons. The summed E-state index contributed by atoms with van der Waals surface area (Å²) >= 11 is 0. The Hall–Kier alpha value is -1.84. The summed E-state index contributed by atoms with van der Waals surface area (Å²) in [6.07, 6.45) is 5.03. The minimum atomic E-state index is -0.569. The molecule has 2 amide bonds. The Bertz CT molecular complexity index is 505. The molecule has 0 aromatic heterocycles. The van der Waals surface area contributed by atoms with Crippen molar-refractivity contribution < 1.29 is 9.59 Å². The fraction of sp³-hybridized carbons (Fsp3) is 0.500. The molecule has 20 heavy (non-hydrogen) atoms. The monoisotopic (exact) mass is 274 g/mol. The zero-order valence-corrected chi connectivity index (χ0v) is 12.2. The Morgan fingerprint density at radius 3 is 2.55 bits per heavy atom. The molecule has 1 aromatic rings. The number of carbonyl (C=O) groups excluding carboxylic acids is 2. The molecule has 0 bridgehead atoms. The lowest BCUT2D eigenvalue weighted by Crippen LogP contribution is -2.40. The van der Waals surface area contributed by atoms with Gasteiger partial charge in [0.15, 0.2) is 0 Å². The van der Waals surface area contributed by atoms with Gasteiger partial charge in [0.05, 0.1) is 0 Å². The van der Waals surface area contributed by atoms with E-state index in [0.717, 1.165) is 48.9 Å². The highest BCUT2D eigenvalue weighted by atomic mass is 16.2. The van der Waals surface area contributed by atoms with E-state index in [1.807, 2.05) is 32.0 Å². The summed E-state index contributed by atoms with van der Waals surface area (Å²) < 4.78 is 0. The maximum Gasteiger partial charge on any atom is 0.313 e. The quantitative estimate of drug-likeness (QED) is 0.832. The van der Waals surface area contributed by atoms with Crippen molar-refractivity contribution in [3.8, 4) is 0 Å². The van der Waals surface area contributed by atoms with Crippen LogP contribution in [0, 0.1) is 6.92 Å². The van der Waals surface area contributed by atoms with Crippen molar-refractivity contribution in [1.29, 1.82) is 0 Å². The summed E-state index contributed by atoms with van der Waals surface area (Å²) in [7, 11) is 0. The Kier molecular flexibility index (Phi) is 4.77. The van der Waals surface area contributed by atoms with Crippen molar-refractivity contribution >= 4 is 17.5 Å². The van der Waals surface area contributed by atoms with E-state index in [9.17, 15) is 9.59 Å². The SMILES string of the molecule is CCc1cccc(C)c1NC(=O)C(=O)NC1CCCC1. The van der Waals surface area contributed by atoms with Gasteiger partial charge in [-0.05, 0) is 37.3 Å². The van der Waals surface area contributed by atoms with Crippen LogP contribution >= 0.6 is 0 Å². The fourth-order valence-corrected chi connectivity index (χ4v) is 2.69. The van der Waals surface area contributed by atoms with Crippen LogP contribution in [0.5, 0.6) is 0 Å². The van der Waals surface area contributed by atoms with E-state index < -0.39 is 11.8 Å². The number of amides is 2. The van der Waals surface area contributed by atoms with E-state index in [-0.39, 0.29) is 6.04 Å². The lowest BCUT2D eigenvalue weighted by Gasteiger charge is -2.14. The molecule has 108 valence electrons. The Labute approximate surface area is 119 Å². The second-order valence-corrected chi connectivity index (χ2v) is 5.37. The Morgan fingerprint density at radius 1 is 1.20 bits per heavy atom. The third-order valence-corrected chi connectivity index (χ3v) is 3.88.